The number of carbonyl (C=O) groups is 2. The first kappa shape index (κ1) is 15.8. The smallest absolute Gasteiger partial charge is 0.225 e. The number of para-hydroxylation sites is 1. The molecule has 1 unspecified atom stereocenters. The molecule has 1 aromatic carbocycles. The Kier molecular flexibility index (Phi) is 4.84. The lowest BCUT2D eigenvalue weighted by atomic mass is 10.1. The van der Waals surface area contributed by atoms with Gasteiger partial charge in [0.25, 0.3) is 0 Å². The average molecular weight is 316 g/mol. The Morgan fingerprint density at radius 3 is 2.65 bits per heavy atom. The zero-order valence-electron chi connectivity index (χ0n) is 13.3. The lowest BCUT2D eigenvalue weighted by Gasteiger charge is -2.20. The molecule has 1 saturated carbocycles. The van der Waals surface area contributed by atoms with Crippen molar-refractivity contribution in [1.82, 2.24) is 10.2 Å². The predicted molar refractivity (Wildman–Crippen MR) is 86.9 cm³/mol. The van der Waals surface area contributed by atoms with Gasteiger partial charge in [0.15, 0.2) is 0 Å². The highest BCUT2D eigenvalue weighted by Crippen LogP contribution is 2.27. The molecule has 1 aliphatic carbocycles. The second-order valence-corrected chi connectivity index (χ2v) is 6.62. The van der Waals surface area contributed by atoms with Gasteiger partial charge in [0.1, 0.15) is 5.75 Å². The zero-order valence-corrected chi connectivity index (χ0v) is 13.3. The van der Waals surface area contributed by atoms with Crippen LogP contribution >= 0.6 is 0 Å². The van der Waals surface area contributed by atoms with Crippen LogP contribution in [0.4, 0.5) is 0 Å². The molecular weight excluding hydrogens is 292 g/mol. The molecule has 1 aliphatic heterocycles. The van der Waals surface area contributed by atoms with Gasteiger partial charge in [-0.25, -0.2) is 0 Å². The maximum atomic E-state index is 12.4. The van der Waals surface area contributed by atoms with Crippen LogP contribution in [-0.4, -0.2) is 41.0 Å². The third kappa shape index (κ3) is 3.84. The van der Waals surface area contributed by atoms with Crippen molar-refractivity contribution in [3.8, 4) is 5.75 Å². The second kappa shape index (κ2) is 7.02. The van der Waals surface area contributed by atoms with Crippen molar-refractivity contribution in [2.75, 3.05) is 13.1 Å². The number of nitrogens with zero attached hydrogens (tertiary/aromatic N) is 1. The van der Waals surface area contributed by atoms with E-state index in [1.807, 2.05) is 4.90 Å². The summed E-state index contributed by atoms with van der Waals surface area (Å²) in [6.07, 6.45) is 5.32. The summed E-state index contributed by atoms with van der Waals surface area (Å²) in [4.78, 5) is 26.4. The Balaban J connectivity index is 1.48. The van der Waals surface area contributed by atoms with Gasteiger partial charge in [-0.1, -0.05) is 31.0 Å². The lowest BCUT2D eigenvalue weighted by Crippen LogP contribution is -2.40. The minimum absolute atomic E-state index is 0.0266. The quantitative estimate of drug-likeness (QED) is 0.890. The van der Waals surface area contributed by atoms with Crippen LogP contribution in [0.15, 0.2) is 24.3 Å². The first-order valence-electron chi connectivity index (χ1n) is 8.48. The van der Waals surface area contributed by atoms with Gasteiger partial charge >= 0.3 is 0 Å². The standard InChI is InChI=1S/C18H24N2O3/c21-16-8-4-3-7-14(16)11-17(22)19-15-9-10-20(12-15)18(23)13-5-1-2-6-13/h3-4,7-8,13,15,21H,1-2,5-6,9-12H2,(H,19,22). The highest BCUT2D eigenvalue weighted by Gasteiger charge is 2.32. The van der Waals surface area contributed by atoms with Gasteiger partial charge in [-0.05, 0) is 25.3 Å². The Hall–Kier alpha value is -2.04. The van der Waals surface area contributed by atoms with E-state index >= 15 is 0 Å². The van der Waals surface area contributed by atoms with E-state index in [9.17, 15) is 14.7 Å². The van der Waals surface area contributed by atoms with Gasteiger partial charge in [0.2, 0.25) is 11.8 Å². The SMILES string of the molecule is O=C(Cc1ccccc1O)NC1CCN(C(=O)C2CCCC2)C1. The minimum Gasteiger partial charge on any atom is -0.508 e. The number of aromatic hydroxyl groups is 1. The third-order valence-corrected chi connectivity index (χ3v) is 4.91. The van der Waals surface area contributed by atoms with Crippen molar-refractivity contribution >= 4 is 11.8 Å². The molecule has 5 nitrogen and oxygen atoms in total. The molecule has 0 spiro atoms. The molecule has 2 aliphatic rings. The fourth-order valence-corrected chi connectivity index (χ4v) is 3.62. The normalized spacial score (nSPS) is 21.6. The number of likely N-dealkylation sites (tertiary alicyclic amines) is 1. The molecule has 2 amide bonds. The van der Waals surface area contributed by atoms with Gasteiger partial charge in [-0.2, -0.15) is 0 Å². The zero-order chi connectivity index (χ0) is 16.2. The van der Waals surface area contributed by atoms with Crippen molar-refractivity contribution in [1.29, 1.82) is 0 Å². The molecule has 0 aromatic heterocycles. The van der Waals surface area contributed by atoms with Crippen molar-refractivity contribution in [2.45, 2.75) is 44.6 Å². The first-order valence-corrected chi connectivity index (χ1v) is 8.48. The Morgan fingerprint density at radius 2 is 1.91 bits per heavy atom. The van der Waals surface area contributed by atoms with E-state index in [1.54, 1.807) is 24.3 Å². The summed E-state index contributed by atoms with van der Waals surface area (Å²) in [6.45, 7) is 1.35. The number of phenols is 1. The summed E-state index contributed by atoms with van der Waals surface area (Å²) in [5.41, 5.74) is 0.627. The fourth-order valence-electron chi connectivity index (χ4n) is 3.62. The molecule has 1 heterocycles. The van der Waals surface area contributed by atoms with E-state index in [2.05, 4.69) is 5.32 Å². The highest BCUT2D eigenvalue weighted by atomic mass is 16.3. The van der Waals surface area contributed by atoms with E-state index in [4.69, 9.17) is 0 Å². The summed E-state index contributed by atoms with van der Waals surface area (Å²) >= 11 is 0. The fraction of sp³-hybridized carbons (Fsp3) is 0.556. The van der Waals surface area contributed by atoms with Crippen LogP contribution in [0.5, 0.6) is 5.75 Å². The Morgan fingerprint density at radius 1 is 1.17 bits per heavy atom. The van der Waals surface area contributed by atoms with Crippen LogP contribution in [-0.2, 0) is 16.0 Å². The largest absolute Gasteiger partial charge is 0.508 e. The van der Waals surface area contributed by atoms with Crippen LogP contribution in [0, 0.1) is 5.92 Å². The number of rotatable bonds is 4. The predicted octanol–water partition coefficient (Wildman–Crippen LogP) is 1.84. The monoisotopic (exact) mass is 316 g/mol. The van der Waals surface area contributed by atoms with Crippen LogP contribution in [0.1, 0.15) is 37.7 Å². The molecule has 23 heavy (non-hydrogen) atoms. The number of benzene rings is 1. The highest BCUT2D eigenvalue weighted by molar-refractivity contribution is 5.81. The number of amides is 2. The van der Waals surface area contributed by atoms with E-state index in [0.29, 0.717) is 12.1 Å². The average Bonchev–Trinajstić information content (AvgIpc) is 3.20. The van der Waals surface area contributed by atoms with Crippen molar-refractivity contribution in [3.63, 3.8) is 0 Å². The van der Waals surface area contributed by atoms with Gasteiger partial charge in [0, 0.05) is 30.6 Å². The molecular formula is C18H24N2O3. The van der Waals surface area contributed by atoms with E-state index < -0.39 is 0 Å². The molecule has 0 bridgehead atoms. The van der Waals surface area contributed by atoms with Gasteiger partial charge in [0.05, 0.1) is 6.42 Å². The Labute approximate surface area is 136 Å². The van der Waals surface area contributed by atoms with Gasteiger partial charge in [-0.15, -0.1) is 0 Å². The number of hydrogen-bond acceptors (Lipinski definition) is 3. The molecule has 1 aromatic rings. The van der Waals surface area contributed by atoms with Crippen molar-refractivity contribution in [2.24, 2.45) is 5.92 Å². The Bertz CT molecular complexity index is 581. The number of carbonyl (C=O) groups excluding carboxylic acids is 2. The van der Waals surface area contributed by atoms with Crippen molar-refractivity contribution in [3.05, 3.63) is 29.8 Å². The molecule has 124 valence electrons. The van der Waals surface area contributed by atoms with E-state index in [0.717, 1.165) is 38.6 Å². The maximum Gasteiger partial charge on any atom is 0.225 e. The second-order valence-electron chi connectivity index (χ2n) is 6.62. The third-order valence-electron chi connectivity index (χ3n) is 4.91. The molecule has 1 saturated heterocycles. The number of phenolic OH excluding ortho intramolecular Hbond substituents is 1. The molecule has 1 atom stereocenters. The molecule has 5 heteroatoms. The number of nitrogens with one attached hydrogen (secondary N) is 1. The minimum atomic E-state index is -0.105. The van der Waals surface area contributed by atoms with E-state index in [-0.39, 0.29) is 35.9 Å². The van der Waals surface area contributed by atoms with Crippen LogP contribution in [0.3, 0.4) is 0 Å². The molecule has 2 N–H and O–H groups in total. The summed E-state index contributed by atoms with van der Waals surface area (Å²) in [5.74, 6) is 0.504. The summed E-state index contributed by atoms with van der Waals surface area (Å²) in [5, 5.41) is 12.7. The summed E-state index contributed by atoms with van der Waals surface area (Å²) in [6, 6.07) is 6.90. The first-order chi connectivity index (χ1) is 11.1. The maximum absolute atomic E-state index is 12.4. The summed E-state index contributed by atoms with van der Waals surface area (Å²) < 4.78 is 0. The van der Waals surface area contributed by atoms with E-state index in [1.165, 1.54) is 0 Å². The van der Waals surface area contributed by atoms with Gasteiger partial charge in [-0.3, -0.25) is 9.59 Å². The molecule has 3 rings (SSSR count). The van der Waals surface area contributed by atoms with Crippen molar-refractivity contribution < 1.29 is 14.7 Å². The summed E-state index contributed by atoms with van der Waals surface area (Å²) in [7, 11) is 0. The molecule has 0 radical (unpaired) electrons. The van der Waals surface area contributed by atoms with Gasteiger partial charge < -0.3 is 15.3 Å². The lowest BCUT2D eigenvalue weighted by molar-refractivity contribution is -0.134. The van der Waals surface area contributed by atoms with Crippen LogP contribution in [0.2, 0.25) is 0 Å². The molecule has 2 fully saturated rings. The topological polar surface area (TPSA) is 69.6 Å². The van der Waals surface area contributed by atoms with Crippen LogP contribution < -0.4 is 5.32 Å². The van der Waals surface area contributed by atoms with Crippen LogP contribution in [0.25, 0.3) is 0 Å². The number of hydrogen-bond donors (Lipinski definition) is 2.